The smallest absolute Gasteiger partial charge is 0.243 e. The maximum absolute atomic E-state index is 12.9. The molecule has 2 atom stereocenters. The summed E-state index contributed by atoms with van der Waals surface area (Å²) >= 11 is 0. The fourth-order valence-corrected chi connectivity index (χ4v) is 3.92. The number of fused-ring (bicyclic) bond motifs is 1. The summed E-state index contributed by atoms with van der Waals surface area (Å²) in [6, 6.07) is 7.24. The van der Waals surface area contributed by atoms with E-state index in [1.807, 2.05) is 38.1 Å². The zero-order valence-corrected chi connectivity index (χ0v) is 15.8. The molecule has 1 aromatic carbocycles. The van der Waals surface area contributed by atoms with Crippen molar-refractivity contribution in [2.45, 2.75) is 64.5 Å². The van der Waals surface area contributed by atoms with Gasteiger partial charge in [-0.25, -0.2) is 0 Å². The van der Waals surface area contributed by atoms with Gasteiger partial charge in [0.15, 0.2) is 0 Å². The summed E-state index contributed by atoms with van der Waals surface area (Å²) in [5, 5.41) is 6.15. The highest BCUT2D eigenvalue weighted by Gasteiger charge is 2.31. The van der Waals surface area contributed by atoms with Crippen LogP contribution in [0.25, 0.3) is 0 Å². The average molecular weight is 358 g/mol. The molecule has 1 aliphatic carbocycles. The van der Waals surface area contributed by atoms with Crippen molar-refractivity contribution in [3.63, 3.8) is 0 Å². The molecule has 2 amide bonds. The summed E-state index contributed by atoms with van der Waals surface area (Å²) in [6.45, 7) is 4.54. The van der Waals surface area contributed by atoms with Crippen molar-refractivity contribution >= 4 is 11.8 Å². The topological polar surface area (TPSA) is 67.4 Å². The van der Waals surface area contributed by atoms with E-state index in [4.69, 9.17) is 4.74 Å². The third kappa shape index (κ3) is 4.37. The number of ether oxygens (including phenoxy) is 1. The van der Waals surface area contributed by atoms with Gasteiger partial charge in [-0.2, -0.15) is 0 Å². The highest BCUT2D eigenvalue weighted by molar-refractivity contribution is 5.89. The lowest BCUT2D eigenvalue weighted by Gasteiger charge is -2.30. The van der Waals surface area contributed by atoms with E-state index in [1.165, 1.54) is 6.42 Å². The maximum atomic E-state index is 12.9. The van der Waals surface area contributed by atoms with Crippen LogP contribution in [0.4, 0.5) is 0 Å². The second-order valence-electron chi connectivity index (χ2n) is 7.80. The van der Waals surface area contributed by atoms with Crippen molar-refractivity contribution in [1.29, 1.82) is 0 Å². The molecule has 0 radical (unpaired) electrons. The van der Waals surface area contributed by atoms with E-state index in [9.17, 15) is 9.59 Å². The number of benzene rings is 1. The SMILES string of the molecule is CC(C)C(NC(=O)C1CCCCC1)C(=O)NC1CCOc2ccccc21. The lowest BCUT2D eigenvalue weighted by Crippen LogP contribution is -2.52. The first-order valence-corrected chi connectivity index (χ1v) is 9.88. The normalized spacial score (nSPS) is 21.4. The van der Waals surface area contributed by atoms with Crippen LogP contribution in [0.2, 0.25) is 0 Å². The molecule has 0 spiro atoms. The fourth-order valence-electron chi connectivity index (χ4n) is 3.92. The minimum Gasteiger partial charge on any atom is -0.493 e. The first-order valence-electron chi connectivity index (χ1n) is 9.88. The second-order valence-corrected chi connectivity index (χ2v) is 7.80. The lowest BCUT2D eigenvalue weighted by molar-refractivity contribution is -0.133. The molecule has 1 heterocycles. The summed E-state index contributed by atoms with van der Waals surface area (Å²) in [5.41, 5.74) is 1.01. The van der Waals surface area contributed by atoms with Crippen LogP contribution in [0.15, 0.2) is 24.3 Å². The van der Waals surface area contributed by atoms with Crippen LogP contribution in [-0.2, 0) is 9.59 Å². The van der Waals surface area contributed by atoms with Gasteiger partial charge in [0.25, 0.3) is 0 Å². The van der Waals surface area contributed by atoms with Gasteiger partial charge < -0.3 is 15.4 Å². The van der Waals surface area contributed by atoms with E-state index in [1.54, 1.807) is 0 Å². The molecule has 0 saturated heterocycles. The van der Waals surface area contributed by atoms with Crippen LogP contribution < -0.4 is 15.4 Å². The number of hydrogen-bond acceptors (Lipinski definition) is 3. The van der Waals surface area contributed by atoms with Gasteiger partial charge in [0.1, 0.15) is 11.8 Å². The Morgan fingerprint density at radius 2 is 1.81 bits per heavy atom. The molecule has 2 aliphatic rings. The van der Waals surface area contributed by atoms with Gasteiger partial charge in [-0.1, -0.05) is 51.3 Å². The zero-order valence-electron chi connectivity index (χ0n) is 15.8. The number of carbonyl (C=O) groups is 2. The highest BCUT2D eigenvalue weighted by atomic mass is 16.5. The second kappa shape index (κ2) is 8.56. The van der Waals surface area contributed by atoms with Crippen molar-refractivity contribution in [1.82, 2.24) is 10.6 Å². The zero-order chi connectivity index (χ0) is 18.5. The van der Waals surface area contributed by atoms with Gasteiger partial charge in [-0.15, -0.1) is 0 Å². The molecule has 142 valence electrons. The molecule has 5 heteroatoms. The number of carbonyl (C=O) groups excluding carboxylic acids is 2. The van der Waals surface area contributed by atoms with E-state index in [2.05, 4.69) is 10.6 Å². The summed E-state index contributed by atoms with van der Waals surface area (Å²) in [5.74, 6) is 0.854. The molecule has 3 rings (SSSR count). The van der Waals surface area contributed by atoms with Crippen molar-refractivity contribution in [2.24, 2.45) is 11.8 Å². The molecule has 1 aromatic rings. The summed E-state index contributed by atoms with van der Waals surface area (Å²) in [6.07, 6.45) is 6.04. The van der Waals surface area contributed by atoms with Gasteiger partial charge in [-0.05, 0) is 24.8 Å². The Kier molecular flexibility index (Phi) is 6.17. The molecule has 0 aromatic heterocycles. The van der Waals surface area contributed by atoms with Crippen LogP contribution in [0.5, 0.6) is 5.75 Å². The number of amides is 2. The number of nitrogens with one attached hydrogen (secondary N) is 2. The number of para-hydroxylation sites is 1. The maximum Gasteiger partial charge on any atom is 0.243 e. The Hall–Kier alpha value is -2.04. The Morgan fingerprint density at radius 1 is 1.08 bits per heavy atom. The van der Waals surface area contributed by atoms with E-state index in [0.717, 1.165) is 43.4 Å². The predicted molar refractivity (Wildman–Crippen MR) is 101 cm³/mol. The van der Waals surface area contributed by atoms with Gasteiger partial charge in [0.2, 0.25) is 11.8 Å². The average Bonchev–Trinajstić information content (AvgIpc) is 2.66. The Bertz CT molecular complexity index is 638. The molecule has 1 fully saturated rings. The summed E-state index contributed by atoms with van der Waals surface area (Å²) in [7, 11) is 0. The standard InChI is InChI=1S/C21H30N2O3/c1-14(2)19(23-20(24)15-8-4-3-5-9-15)21(25)22-17-12-13-26-18-11-7-6-10-16(17)18/h6-7,10-11,14-15,17,19H,3-5,8-9,12-13H2,1-2H3,(H,22,25)(H,23,24). The molecule has 1 aliphatic heterocycles. The largest absolute Gasteiger partial charge is 0.493 e. The monoisotopic (exact) mass is 358 g/mol. The molecule has 26 heavy (non-hydrogen) atoms. The Balaban J connectivity index is 1.65. The van der Waals surface area contributed by atoms with Crippen LogP contribution >= 0.6 is 0 Å². The van der Waals surface area contributed by atoms with E-state index < -0.39 is 6.04 Å². The van der Waals surface area contributed by atoms with Gasteiger partial charge in [0.05, 0.1) is 12.6 Å². The minimum atomic E-state index is -0.501. The molecule has 5 nitrogen and oxygen atoms in total. The summed E-state index contributed by atoms with van der Waals surface area (Å²) in [4.78, 5) is 25.5. The fraction of sp³-hybridized carbons (Fsp3) is 0.619. The molecule has 0 bridgehead atoms. The van der Waals surface area contributed by atoms with Gasteiger partial charge in [-0.3, -0.25) is 9.59 Å². The van der Waals surface area contributed by atoms with Crippen LogP contribution in [-0.4, -0.2) is 24.5 Å². The van der Waals surface area contributed by atoms with Crippen molar-refractivity contribution < 1.29 is 14.3 Å². The van der Waals surface area contributed by atoms with Crippen molar-refractivity contribution in [3.8, 4) is 5.75 Å². The first kappa shape index (κ1) is 18.7. The van der Waals surface area contributed by atoms with Crippen molar-refractivity contribution in [3.05, 3.63) is 29.8 Å². The lowest BCUT2D eigenvalue weighted by atomic mass is 9.88. The highest BCUT2D eigenvalue weighted by Crippen LogP contribution is 2.31. The quantitative estimate of drug-likeness (QED) is 0.848. The van der Waals surface area contributed by atoms with Gasteiger partial charge >= 0.3 is 0 Å². The molecule has 1 saturated carbocycles. The van der Waals surface area contributed by atoms with Crippen LogP contribution in [0.1, 0.15) is 64.0 Å². The Labute approximate surface area is 155 Å². The molecular formula is C21H30N2O3. The number of rotatable bonds is 5. The van der Waals surface area contributed by atoms with E-state index in [0.29, 0.717) is 6.61 Å². The third-order valence-electron chi connectivity index (χ3n) is 5.50. The predicted octanol–water partition coefficient (Wildman–Crippen LogP) is 3.35. The number of hydrogen-bond donors (Lipinski definition) is 2. The van der Waals surface area contributed by atoms with E-state index in [-0.39, 0.29) is 29.7 Å². The van der Waals surface area contributed by atoms with Gasteiger partial charge in [0, 0.05) is 17.9 Å². The van der Waals surface area contributed by atoms with E-state index >= 15 is 0 Å². The van der Waals surface area contributed by atoms with Crippen molar-refractivity contribution in [2.75, 3.05) is 6.61 Å². The minimum absolute atomic E-state index is 0.0333. The molecule has 2 N–H and O–H groups in total. The first-order chi connectivity index (χ1) is 12.6. The molecular weight excluding hydrogens is 328 g/mol. The van der Waals surface area contributed by atoms with Crippen LogP contribution in [0.3, 0.4) is 0 Å². The Morgan fingerprint density at radius 3 is 2.54 bits per heavy atom. The van der Waals surface area contributed by atoms with Crippen LogP contribution in [0, 0.1) is 11.8 Å². The third-order valence-corrected chi connectivity index (χ3v) is 5.50. The summed E-state index contributed by atoms with van der Waals surface area (Å²) < 4.78 is 5.67. The molecule has 2 unspecified atom stereocenters.